The number of aromatic amines is 1. The zero-order valence-corrected chi connectivity index (χ0v) is 15.1. The van der Waals surface area contributed by atoms with E-state index in [0.717, 1.165) is 29.5 Å². The fraction of sp³-hybridized carbons (Fsp3) is 0.421. The van der Waals surface area contributed by atoms with Crippen LogP contribution in [0.25, 0.3) is 10.9 Å². The van der Waals surface area contributed by atoms with Crippen LogP contribution in [-0.4, -0.2) is 41.5 Å². The monoisotopic (exact) mass is 370 g/mol. The summed E-state index contributed by atoms with van der Waals surface area (Å²) in [6.45, 7) is 2.78. The summed E-state index contributed by atoms with van der Waals surface area (Å²) in [4.78, 5) is 39.5. The number of imide groups is 1. The first-order valence-electron chi connectivity index (χ1n) is 9.20. The minimum Gasteiger partial charge on any atom is -0.493 e. The van der Waals surface area contributed by atoms with Crippen molar-refractivity contribution in [2.45, 2.75) is 31.7 Å². The molecule has 1 aliphatic carbocycles. The van der Waals surface area contributed by atoms with Gasteiger partial charge in [-0.05, 0) is 38.0 Å². The molecule has 1 aromatic heterocycles. The zero-order chi connectivity index (χ0) is 19.0. The van der Waals surface area contributed by atoms with E-state index in [0.29, 0.717) is 25.3 Å². The van der Waals surface area contributed by atoms with Crippen LogP contribution in [0.4, 0.5) is 4.79 Å². The van der Waals surface area contributed by atoms with E-state index in [4.69, 9.17) is 4.74 Å². The van der Waals surface area contributed by atoms with Gasteiger partial charge in [-0.15, -0.1) is 0 Å². The third kappa shape index (κ3) is 2.90. The van der Waals surface area contributed by atoms with Crippen LogP contribution in [0.5, 0.6) is 5.75 Å². The lowest BCUT2D eigenvalue weighted by Crippen LogP contribution is -2.53. The highest BCUT2D eigenvalue weighted by Gasteiger charge is 2.54. The number of H-pyrrole nitrogens is 1. The van der Waals surface area contributed by atoms with Gasteiger partial charge in [-0.1, -0.05) is 12.5 Å². The van der Waals surface area contributed by atoms with Crippen LogP contribution >= 0.6 is 0 Å². The minimum atomic E-state index is -0.896. The molecule has 4 amide bonds. The molecule has 1 aliphatic heterocycles. The molecule has 1 saturated carbocycles. The molecule has 2 atom stereocenters. The number of hydrogen-bond acceptors (Lipinski definition) is 4. The molecule has 4 rings (SSSR count). The van der Waals surface area contributed by atoms with E-state index in [1.807, 2.05) is 25.1 Å². The van der Waals surface area contributed by atoms with Crippen molar-refractivity contribution >= 4 is 28.7 Å². The first-order valence-corrected chi connectivity index (χ1v) is 9.20. The van der Waals surface area contributed by atoms with Crippen molar-refractivity contribution < 1.29 is 19.1 Å². The van der Waals surface area contributed by atoms with Crippen LogP contribution in [-0.2, 0) is 4.79 Å². The predicted molar refractivity (Wildman–Crippen MR) is 98.5 cm³/mol. The fourth-order valence-electron chi connectivity index (χ4n) is 4.17. The van der Waals surface area contributed by atoms with Gasteiger partial charge in [0.05, 0.1) is 6.61 Å². The second-order valence-corrected chi connectivity index (χ2v) is 7.01. The van der Waals surface area contributed by atoms with Crippen LogP contribution in [0, 0.1) is 5.92 Å². The Balaban J connectivity index is 1.48. The Morgan fingerprint density at radius 2 is 2.22 bits per heavy atom. The molecule has 2 fully saturated rings. The normalized spacial score (nSPS) is 24.3. The Morgan fingerprint density at radius 3 is 2.96 bits per heavy atom. The van der Waals surface area contributed by atoms with Gasteiger partial charge in [0.25, 0.3) is 11.8 Å². The van der Waals surface area contributed by atoms with Crippen molar-refractivity contribution in [3.05, 3.63) is 30.0 Å². The molecule has 0 bridgehead atoms. The van der Waals surface area contributed by atoms with Crippen LogP contribution in [0.15, 0.2) is 24.3 Å². The van der Waals surface area contributed by atoms with Gasteiger partial charge in [-0.25, -0.2) is 4.79 Å². The Bertz CT molecular complexity index is 922. The molecule has 4 N–H and O–H groups in total. The van der Waals surface area contributed by atoms with E-state index >= 15 is 0 Å². The summed E-state index contributed by atoms with van der Waals surface area (Å²) in [5, 5.41) is 8.82. The summed E-state index contributed by atoms with van der Waals surface area (Å²) < 4.78 is 5.60. The molecular weight excluding hydrogens is 348 g/mol. The molecule has 1 saturated heterocycles. The molecule has 1 spiro atoms. The van der Waals surface area contributed by atoms with Gasteiger partial charge < -0.3 is 20.4 Å². The van der Waals surface area contributed by atoms with Gasteiger partial charge in [-0.2, -0.15) is 0 Å². The molecule has 27 heavy (non-hydrogen) atoms. The molecule has 1 aromatic carbocycles. The number of carbonyl (C=O) groups is 3. The van der Waals surface area contributed by atoms with Crippen LogP contribution in [0.2, 0.25) is 0 Å². The Kier molecular flexibility index (Phi) is 4.25. The van der Waals surface area contributed by atoms with Crippen LogP contribution in [0.3, 0.4) is 0 Å². The number of aromatic nitrogens is 1. The maximum Gasteiger partial charge on any atom is 0.322 e. The average molecular weight is 370 g/mol. The van der Waals surface area contributed by atoms with Crippen molar-refractivity contribution in [2.75, 3.05) is 13.2 Å². The molecular formula is C19H22N4O4. The summed E-state index contributed by atoms with van der Waals surface area (Å²) in [6.07, 6.45) is 2.20. The molecule has 8 heteroatoms. The number of ether oxygens (including phenoxy) is 1. The SMILES string of the molecule is CCOc1cccc2[nH]c(C(=O)NCC3CCCC34NC(=O)NC4=O)cc12. The highest BCUT2D eigenvalue weighted by atomic mass is 16.5. The Hall–Kier alpha value is -3.03. The van der Waals surface area contributed by atoms with Gasteiger partial charge in [0, 0.05) is 23.4 Å². The topological polar surface area (TPSA) is 112 Å². The van der Waals surface area contributed by atoms with E-state index in [-0.39, 0.29) is 17.7 Å². The summed E-state index contributed by atoms with van der Waals surface area (Å²) in [5.41, 5.74) is 0.363. The highest BCUT2D eigenvalue weighted by Crippen LogP contribution is 2.37. The molecule has 2 aromatic rings. The lowest BCUT2D eigenvalue weighted by atomic mass is 9.87. The van der Waals surface area contributed by atoms with Gasteiger partial charge in [0.1, 0.15) is 17.0 Å². The zero-order valence-electron chi connectivity index (χ0n) is 15.1. The third-order valence-corrected chi connectivity index (χ3v) is 5.47. The first kappa shape index (κ1) is 17.4. The van der Waals surface area contributed by atoms with E-state index in [2.05, 4.69) is 20.9 Å². The largest absolute Gasteiger partial charge is 0.493 e. The number of amides is 4. The maximum absolute atomic E-state index is 12.6. The van der Waals surface area contributed by atoms with Crippen LogP contribution in [0.1, 0.15) is 36.7 Å². The Labute approximate surface area is 156 Å². The van der Waals surface area contributed by atoms with Gasteiger partial charge in [0.15, 0.2) is 0 Å². The second-order valence-electron chi connectivity index (χ2n) is 7.01. The number of nitrogens with one attached hydrogen (secondary N) is 4. The minimum absolute atomic E-state index is 0.128. The number of hydrogen-bond donors (Lipinski definition) is 4. The average Bonchev–Trinajstić information content (AvgIpc) is 3.32. The van der Waals surface area contributed by atoms with Crippen molar-refractivity contribution in [3.8, 4) is 5.75 Å². The first-order chi connectivity index (χ1) is 13.0. The summed E-state index contributed by atoms with van der Waals surface area (Å²) >= 11 is 0. The van der Waals surface area contributed by atoms with Crippen molar-refractivity contribution in [2.24, 2.45) is 5.92 Å². The fourth-order valence-corrected chi connectivity index (χ4v) is 4.17. The lowest BCUT2D eigenvalue weighted by Gasteiger charge is -2.28. The standard InChI is InChI=1S/C19H22N4O4/c1-2-27-15-7-3-6-13-12(15)9-14(21-13)16(24)20-10-11-5-4-8-19(11)17(25)22-18(26)23-19/h3,6-7,9,11,21H,2,4-5,8,10H2,1H3,(H,20,24)(H2,22,23,25,26). The van der Waals surface area contributed by atoms with Crippen molar-refractivity contribution in [1.82, 2.24) is 20.9 Å². The third-order valence-electron chi connectivity index (χ3n) is 5.47. The van der Waals surface area contributed by atoms with E-state index in [1.54, 1.807) is 6.07 Å². The summed E-state index contributed by atoms with van der Waals surface area (Å²) in [6, 6.07) is 6.93. The van der Waals surface area contributed by atoms with E-state index in [1.165, 1.54) is 0 Å². The van der Waals surface area contributed by atoms with E-state index < -0.39 is 11.6 Å². The molecule has 0 radical (unpaired) electrons. The maximum atomic E-state index is 12.6. The highest BCUT2D eigenvalue weighted by molar-refractivity contribution is 6.07. The number of rotatable bonds is 5. The number of benzene rings is 1. The lowest BCUT2D eigenvalue weighted by molar-refractivity contribution is -0.125. The predicted octanol–water partition coefficient (Wildman–Crippen LogP) is 1.67. The van der Waals surface area contributed by atoms with Gasteiger partial charge in [0.2, 0.25) is 0 Å². The molecule has 2 aliphatic rings. The number of carbonyl (C=O) groups excluding carboxylic acids is 3. The number of urea groups is 1. The summed E-state index contributed by atoms with van der Waals surface area (Å²) in [5.74, 6) is 0.0540. The molecule has 2 heterocycles. The smallest absolute Gasteiger partial charge is 0.322 e. The number of fused-ring (bicyclic) bond motifs is 1. The molecule has 142 valence electrons. The summed E-state index contributed by atoms with van der Waals surface area (Å²) in [7, 11) is 0. The Morgan fingerprint density at radius 1 is 1.37 bits per heavy atom. The second kappa shape index (κ2) is 6.61. The van der Waals surface area contributed by atoms with Crippen LogP contribution < -0.4 is 20.7 Å². The quantitative estimate of drug-likeness (QED) is 0.600. The van der Waals surface area contributed by atoms with Crippen molar-refractivity contribution in [1.29, 1.82) is 0 Å². The van der Waals surface area contributed by atoms with Gasteiger partial charge >= 0.3 is 6.03 Å². The molecule has 2 unspecified atom stereocenters. The molecule has 8 nitrogen and oxygen atoms in total. The van der Waals surface area contributed by atoms with Crippen molar-refractivity contribution in [3.63, 3.8) is 0 Å². The van der Waals surface area contributed by atoms with E-state index in [9.17, 15) is 14.4 Å². The van der Waals surface area contributed by atoms with Gasteiger partial charge in [-0.3, -0.25) is 14.9 Å².